The van der Waals surface area contributed by atoms with Gasteiger partial charge in [-0.05, 0) is 18.6 Å². The number of unbranched alkanes of at least 4 members (excludes halogenated alkanes) is 2. The average Bonchev–Trinajstić information content (AvgIpc) is 2.49. The van der Waals surface area contributed by atoms with Crippen molar-refractivity contribution >= 4 is 11.6 Å². The van der Waals surface area contributed by atoms with Crippen molar-refractivity contribution in [1.29, 1.82) is 0 Å². The second kappa shape index (κ2) is 9.07. The zero-order valence-corrected chi connectivity index (χ0v) is 12.5. The molecule has 5 heteroatoms. The van der Waals surface area contributed by atoms with Crippen molar-refractivity contribution < 1.29 is 14.3 Å². The van der Waals surface area contributed by atoms with E-state index in [9.17, 15) is 4.79 Å². The maximum atomic E-state index is 11.7. The highest BCUT2D eigenvalue weighted by molar-refractivity contribution is 5.81. The topological polar surface area (TPSA) is 59.6 Å². The Morgan fingerprint density at radius 2 is 2.00 bits per heavy atom. The molecule has 0 aliphatic carbocycles. The molecule has 0 heterocycles. The highest BCUT2D eigenvalue weighted by Gasteiger charge is 2.06. The Balaban J connectivity index is 2.42. The molecule has 0 saturated carbocycles. The molecule has 20 heavy (non-hydrogen) atoms. The molecule has 112 valence electrons. The molecular weight excluding hydrogens is 256 g/mol. The van der Waals surface area contributed by atoms with Crippen molar-refractivity contribution in [3.63, 3.8) is 0 Å². The minimum absolute atomic E-state index is 0.0148. The number of methoxy groups -OCH3 is 2. The molecule has 5 nitrogen and oxygen atoms in total. The third-order valence-electron chi connectivity index (χ3n) is 2.95. The fourth-order valence-electron chi connectivity index (χ4n) is 1.79. The van der Waals surface area contributed by atoms with Crippen molar-refractivity contribution in [2.45, 2.75) is 26.2 Å². The molecule has 0 bridgehead atoms. The lowest BCUT2D eigenvalue weighted by molar-refractivity contribution is -0.119. The molecule has 0 saturated heterocycles. The number of carbonyl (C=O) groups is 1. The maximum absolute atomic E-state index is 11.7. The van der Waals surface area contributed by atoms with Gasteiger partial charge in [-0.15, -0.1) is 0 Å². The lowest BCUT2D eigenvalue weighted by Gasteiger charge is -2.12. The maximum Gasteiger partial charge on any atom is 0.239 e. The van der Waals surface area contributed by atoms with E-state index in [0.29, 0.717) is 5.75 Å². The summed E-state index contributed by atoms with van der Waals surface area (Å²) >= 11 is 0. The van der Waals surface area contributed by atoms with Gasteiger partial charge in [0.2, 0.25) is 5.91 Å². The fraction of sp³-hybridized carbons (Fsp3) is 0.533. The molecule has 2 N–H and O–H groups in total. The number of ether oxygens (including phenoxy) is 2. The van der Waals surface area contributed by atoms with Crippen LogP contribution in [0.3, 0.4) is 0 Å². The zero-order chi connectivity index (χ0) is 14.8. The van der Waals surface area contributed by atoms with Gasteiger partial charge in [0.25, 0.3) is 0 Å². The summed E-state index contributed by atoms with van der Waals surface area (Å²) in [5, 5.41) is 5.94. The number of nitrogens with one attached hydrogen (secondary N) is 2. The van der Waals surface area contributed by atoms with Crippen LogP contribution < -0.4 is 20.1 Å². The zero-order valence-electron chi connectivity index (χ0n) is 12.5. The summed E-state index contributed by atoms with van der Waals surface area (Å²) in [6.45, 7) is 3.10. The van der Waals surface area contributed by atoms with Gasteiger partial charge in [-0.3, -0.25) is 4.79 Å². The third kappa shape index (κ3) is 5.38. The van der Waals surface area contributed by atoms with Gasteiger partial charge in [-0.25, -0.2) is 0 Å². The Bertz CT molecular complexity index is 422. The number of anilines is 1. The summed E-state index contributed by atoms with van der Waals surface area (Å²) in [7, 11) is 3.19. The normalized spacial score (nSPS) is 9.95. The summed E-state index contributed by atoms with van der Waals surface area (Å²) in [6.07, 6.45) is 3.31. The number of hydrogen-bond acceptors (Lipinski definition) is 4. The molecule has 0 spiro atoms. The van der Waals surface area contributed by atoms with Crippen LogP contribution in [0, 0.1) is 0 Å². The Morgan fingerprint density at radius 3 is 2.65 bits per heavy atom. The van der Waals surface area contributed by atoms with Gasteiger partial charge in [0.15, 0.2) is 0 Å². The Kier molecular flexibility index (Phi) is 7.32. The molecule has 0 aliphatic heterocycles. The summed E-state index contributed by atoms with van der Waals surface area (Å²) in [6, 6.07) is 5.44. The van der Waals surface area contributed by atoms with E-state index in [1.165, 1.54) is 0 Å². The Labute approximate surface area is 120 Å². The summed E-state index contributed by atoms with van der Waals surface area (Å²) in [4.78, 5) is 11.7. The summed E-state index contributed by atoms with van der Waals surface area (Å²) in [5.74, 6) is 1.36. The lowest BCUT2D eigenvalue weighted by Crippen LogP contribution is -2.30. The predicted molar refractivity (Wildman–Crippen MR) is 80.6 cm³/mol. The molecule has 0 aromatic heterocycles. The summed E-state index contributed by atoms with van der Waals surface area (Å²) in [5.41, 5.74) is 0.775. The molecule has 0 radical (unpaired) electrons. The molecule has 1 aromatic rings. The van der Waals surface area contributed by atoms with Gasteiger partial charge < -0.3 is 20.1 Å². The van der Waals surface area contributed by atoms with Crippen molar-refractivity contribution in [2.24, 2.45) is 0 Å². The fourth-order valence-corrected chi connectivity index (χ4v) is 1.79. The quantitative estimate of drug-likeness (QED) is 0.682. The van der Waals surface area contributed by atoms with Crippen LogP contribution in [0.25, 0.3) is 0 Å². The number of carbonyl (C=O) groups excluding carboxylic acids is 1. The van der Waals surface area contributed by atoms with Gasteiger partial charge >= 0.3 is 0 Å². The van der Waals surface area contributed by atoms with E-state index in [2.05, 4.69) is 17.6 Å². The average molecular weight is 280 g/mol. The van der Waals surface area contributed by atoms with Crippen LogP contribution in [0.2, 0.25) is 0 Å². The number of benzene rings is 1. The van der Waals surface area contributed by atoms with Gasteiger partial charge in [0.05, 0.1) is 26.5 Å². The first-order valence-electron chi connectivity index (χ1n) is 6.93. The molecule has 0 aliphatic rings. The highest BCUT2D eigenvalue weighted by Crippen LogP contribution is 2.28. The van der Waals surface area contributed by atoms with Crippen LogP contribution in [0.4, 0.5) is 5.69 Å². The second-order valence-corrected chi connectivity index (χ2v) is 4.48. The smallest absolute Gasteiger partial charge is 0.239 e. The number of amides is 1. The van der Waals surface area contributed by atoms with Gasteiger partial charge in [0.1, 0.15) is 11.5 Å². The van der Waals surface area contributed by atoms with E-state index in [0.717, 1.165) is 37.2 Å². The Morgan fingerprint density at radius 1 is 1.20 bits per heavy atom. The first-order chi connectivity index (χ1) is 9.71. The van der Waals surface area contributed by atoms with Gasteiger partial charge in [0, 0.05) is 12.6 Å². The van der Waals surface area contributed by atoms with E-state index >= 15 is 0 Å². The first kappa shape index (κ1) is 16.1. The minimum Gasteiger partial charge on any atom is -0.497 e. The van der Waals surface area contributed by atoms with Gasteiger partial charge in [-0.2, -0.15) is 0 Å². The lowest BCUT2D eigenvalue weighted by atomic mass is 10.2. The largest absolute Gasteiger partial charge is 0.497 e. The van der Waals surface area contributed by atoms with E-state index in [1.54, 1.807) is 20.3 Å². The van der Waals surface area contributed by atoms with E-state index < -0.39 is 0 Å². The van der Waals surface area contributed by atoms with Crippen LogP contribution in [0.15, 0.2) is 18.2 Å². The molecule has 0 atom stereocenters. The molecule has 1 aromatic carbocycles. The SMILES string of the molecule is CCCCCNC(=O)CNc1ccc(OC)cc1OC. The van der Waals surface area contributed by atoms with Gasteiger partial charge in [-0.1, -0.05) is 19.8 Å². The Hall–Kier alpha value is -1.91. The minimum atomic E-state index is -0.0148. The molecule has 0 fully saturated rings. The number of hydrogen-bond donors (Lipinski definition) is 2. The second-order valence-electron chi connectivity index (χ2n) is 4.48. The van der Waals surface area contributed by atoms with Crippen molar-refractivity contribution in [3.05, 3.63) is 18.2 Å². The van der Waals surface area contributed by atoms with E-state index in [4.69, 9.17) is 9.47 Å². The standard InChI is InChI=1S/C15H24N2O3/c1-4-5-6-9-16-15(18)11-17-13-8-7-12(19-2)10-14(13)20-3/h7-8,10,17H,4-6,9,11H2,1-3H3,(H,16,18). The first-order valence-corrected chi connectivity index (χ1v) is 6.93. The number of rotatable bonds is 9. The van der Waals surface area contributed by atoms with Crippen LogP contribution in [0.1, 0.15) is 26.2 Å². The van der Waals surface area contributed by atoms with Crippen molar-refractivity contribution in [2.75, 3.05) is 32.6 Å². The van der Waals surface area contributed by atoms with Crippen LogP contribution in [-0.2, 0) is 4.79 Å². The molecular formula is C15H24N2O3. The van der Waals surface area contributed by atoms with Crippen molar-refractivity contribution in [1.82, 2.24) is 5.32 Å². The van der Waals surface area contributed by atoms with E-state index in [1.807, 2.05) is 12.1 Å². The van der Waals surface area contributed by atoms with Crippen molar-refractivity contribution in [3.8, 4) is 11.5 Å². The molecule has 0 unspecified atom stereocenters. The third-order valence-corrected chi connectivity index (χ3v) is 2.95. The molecule has 1 rings (SSSR count). The summed E-state index contributed by atoms with van der Waals surface area (Å²) < 4.78 is 10.4. The monoisotopic (exact) mass is 280 g/mol. The molecule has 1 amide bonds. The van der Waals surface area contributed by atoms with E-state index in [-0.39, 0.29) is 12.5 Å². The highest BCUT2D eigenvalue weighted by atomic mass is 16.5. The van der Waals surface area contributed by atoms with Crippen LogP contribution >= 0.6 is 0 Å². The predicted octanol–water partition coefficient (Wildman–Crippen LogP) is 2.42. The van der Waals surface area contributed by atoms with Crippen LogP contribution in [0.5, 0.6) is 11.5 Å². The van der Waals surface area contributed by atoms with Crippen LogP contribution in [-0.4, -0.2) is 33.2 Å².